The van der Waals surface area contributed by atoms with Gasteiger partial charge in [-0.2, -0.15) is 0 Å². The molecule has 98 valence electrons. The molecule has 4 N–H and O–H groups in total. The van der Waals surface area contributed by atoms with Crippen LogP contribution in [0.15, 0.2) is 29.5 Å². The van der Waals surface area contributed by atoms with Crippen molar-refractivity contribution in [3.05, 3.63) is 24.5 Å². The minimum Gasteiger partial charge on any atom is -0.370 e. The SMILES string of the molecule is CCC(C)NC(N)=NCC(=O)Nc1cccnc1. The lowest BCUT2D eigenvalue weighted by molar-refractivity contribution is -0.114. The highest BCUT2D eigenvalue weighted by Gasteiger charge is 2.03. The number of nitrogens with one attached hydrogen (secondary N) is 2. The van der Waals surface area contributed by atoms with Gasteiger partial charge in [0.05, 0.1) is 11.9 Å². The number of rotatable bonds is 5. The van der Waals surface area contributed by atoms with E-state index in [1.165, 1.54) is 0 Å². The van der Waals surface area contributed by atoms with Crippen LogP contribution in [0.5, 0.6) is 0 Å². The van der Waals surface area contributed by atoms with E-state index in [-0.39, 0.29) is 24.5 Å². The summed E-state index contributed by atoms with van der Waals surface area (Å²) in [5.74, 6) is 0.0580. The third-order valence-corrected chi connectivity index (χ3v) is 2.34. The highest BCUT2D eigenvalue weighted by molar-refractivity contribution is 5.93. The number of amides is 1. The molecule has 6 heteroatoms. The Morgan fingerprint density at radius 1 is 1.61 bits per heavy atom. The fourth-order valence-electron chi connectivity index (χ4n) is 1.19. The van der Waals surface area contributed by atoms with E-state index >= 15 is 0 Å². The van der Waals surface area contributed by atoms with Crippen LogP contribution in [-0.2, 0) is 4.79 Å². The Hall–Kier alpha value is -2.11. The van der Waals surface area contributed by atoms with Gasteiger partial charge in [-0.25, -0.2) is 4.99 Å². The van der Waals surface area contributed by atoms with Gasteiger partial charge < -0.3 is 16.4 Å². The Labute approximate surface area is 107 Å². The first-order chi connectivity index (χ1) is 8.61. The minimum absolute atomic E-state index is 0.00976. The van der Waals surface area contributed by atoms with Crippen molar-refractivity contribution in [2.24, 2.45) is 10.7 Å². The van der Waals surface area contributed by atoms with Crippen molar-refractivity contribution in [2.45, 2.75) is 26.3 Å². The van der Waals surface area contributed by atoms with Gasteiger partial charge in [-0.3, -0.25) is 9.78 Å². The summed E-state index contributed by atoms with van der Waals surface area (Å²) < 4.78 is 0. The van der Waals surface area contributed by atoms with Crippen LogP contribution in [0.2, 0.25) is 0 Å². The van der Waals surface area contributed by atoms with Crippen LogP contribution in [0.25, 0.3) is 0 Å². The summed E-state index contributed by atoms with van der Waals surface area (Å²) >= 11 is 0. The van der Waals surface area contributed by atoms with Crippen LogP contribution in [0, 0.1) is 0 Å². The predicted molar refractivity (Wildman–Crippen MR) is 72.2 cm³/mol. The minimum atomic E-state index is -0.225. The molecule has 1 rings (SSSR count). The topological polar surface area (TPSA) is 92.4 Å². The number of pyridine rings is 1. The Morgan fingerprint density at radius 2 is 2.39 bits per heavy atom. The van der Waals surface area contributed by atoms with Gasteiger partial charge in [0.1, 0.15) is 6.54 Å². The van der Waals surface area contributed by atoms with E-state index < -0.39 is 0 Å². The summed E-state index contributed by atoms with van der Waals surface area (Å²) in [5.41, 5.74) is 6.28. The number of guanidine groups is 1. The quantitative estimate of drug-likeness (QED) is 0.529. The summed E-state index contributed by atoms with van der Waals surface area (Å²) in [6, 6.07) is 3.75. The van der Waals surface area contributed by atoms with Gasteiger partial charge in [0.2, 0.25) is 5.91 Å². The van der Waals surface area contributed by atoms with Crippen LogP contribution in [0.1, 0.15) is 20.3 Å². The van der Waals surface area contributed by atoms with Crippen LogP contribution in [-0.4, -0.2) is 29.4 Å². The lowest BCUT2D eigenvalue weighted by Gasteiger charge is -2.11. The number of hydrogen-bond donors (Lipinski definition) is 3. The largest absolute Gasteiger partial charge is 0.370 e. The highest BCUT2D eigenvalue weighted by Crippen LogP contribution is 2.01. The molecule has 0 aliphatic carbocycles. The second kappa shape index (κ2) is 7.26. The van der Waals surface area contributed by atoms with Gasteiger partial charge in [0.25, 0.3) is 0 Å². The summed E-state index contributed by atoms with van der Waals surface area (Å²) in [6.45, 7) is 4.03. The van der Waals surface area contributed by atoms with E-state index in [0.717, 1.165) is 6.42 Å². The summed E-state index contributed by atoms with van der Waals surface area (Å²) in [5, 5.41) is 5.66. The van der Waals surface area contributed by atoms with Crippen molar-refractivity contribution in [2.75, 3.05) is 11.9 Å². The number of anilines is 1. The number of hydrogen-bond acceptors (Lipinski definition) is 3. The van der Waals surface area contributed by atoms with Gasteiger partial charge in [0, 0.05) is 12.2 Å². The van der Waals surface area contributed by atoms with Crippen LogP contribution < -0.4 is 16.4 Å². The molecule has 0 aromatic carbocycles. The molecule has 1 amide bonds. The molecule has 0 aliphatic rings. The van der Waals surface area contributed by atoms with Gasteiger partial charge >= 0.3 is 0 Å². The van der Waals surface area contributed by atoms with E-state index in [4.69, 9.17) is 5.73 Å². The van der Waals surface area contributed by atoms with Crippen LogP contribution >= 0.6 is 0 Å². The van der Waals surface area contributed by atoms with Crippen molar-refractivity contribution in [3.63, 3.8) is 0 Å². The van der Waals surface area contributed by atoms with E-state index in [1.807, 2.05) is 13.8 Å². The standard InChI is InChI=1S/C12H19N5O/c1-3-9(2)16-12(13)15-8-11(18)17-10-5-4-6-14-7-10/h4-7,9H,3,8H2,1-2H3,(H,17,18)(H3,13,15,16). The number of nitrogens with zero attached hydrogens (tertiary/aromatic N) is 2. The number of aromatic nitrogens is 1. The zero-order valence-corrected chi connectivity index (χ0v) is 10.7. The number of aliphatic imine (C=N–C) groups is 1. The zero-order chi connectivity index (χ0) is 13.4. The molecule has 0 saturated carbocycles. The molecule has 0 fully saturated rings. The number of carbonyl (C=O) groups excluding carboxylic acids is 1. The molecule has 1 aromatic rings. The lowest BCUT2D eigenvalue weighted by Crippen LogP contribution is -2.38. The van der Waals surface area contributed by atoms with Crippen molar-refractivity contribution in [3.8, 4) is 0 Å². The molecule has 1 aromatic heterocycles. The normalized spacial score (nSPS) is 12.9. The fraction of sp³-hybridized carbons (Fsp3) is 0.417. The highest BCUT2D eigenvalue weighted by atomic mass is 16.1. The fourth-order valence-corrected chi connectivity index (χ4v) is 1.19. The third kappa shape index (κ3) is 5.29. The van der Waals surface area contributed by atoms with Crippen LogP contribution in [0.4, 0.5) is 5.69 Å². The molecule has 18 heavy (non-hydrogen) atoms. The second-order valence-corrected chi connectivity index (χ2v) is 3.94. The van der Waals surface area contributed by atoms with E-state index in [1.54, 1.807) is 24.5 Å². The van der Waals surface area contributed by atoms with Gasteiger partial charge in [-0.15, -0.1) is 0 Å². The van der Waals surface area contributed by atoms with Crippen molar-refractivity contribution in [1.29, 1.82) is 0 Å². The average molecular weight is 249 g/mol. The van der Waals surface area contributed by atoms with E-state index in [2.05, 4.69) is 20.6 Å². The molecule has 0 aliphatic heterocycles. The molecule has 0 bridgehead atoms. The molecule has 1 atom stereocenters. The van der Waals surface area contributed by atoms with Crippen LogP contribution in [0.3, 0.4) is 0 Å². The Morgan fingerprint density at radius 3 is 3.00 bits per heavy atom. The first kappa shape index (κ1) is 14.0. The molecule has 1 heterocycles. The summed E-state index contributed by atoms with van der Waals surface area (Å²) in [6.07, 6.45) is 4.16. The molecular weight excluding hydrogens is 230 g/mol. The smallest absolute Gasteiger partial charge is 0.246 e. The van der Waals surface area contributed by atoms with E-state index in [9.17, 15) is 4.79 Å². The molecule has 0 spiro atoms. The first-order valence-corrected chi connectivity index (χ1v) is 5.88. The average Bonchev–Trinajstić information content (AvgIpc) is 2.37. The van der Waals surface area contributed by atoms with Crippen molar-refractivity contribution in [1.82, 2.24) is 10.3 Å². The predicted octanol–water partition coefficient (Wildman–Crippen LogP) is 0.723. The van der Waals surface area contributed by atoms with E-state index in [0.29, 0.717) is 5.69 Å². The molecule has 0 saturated heterocycles. The Kier molecular flexibility index (Phi) is 5.63. The monoisotopic (exact) mass is 249 g/mol. The van der Waals surface area contributed by atoms with Crippen molar-refractivity contribution >= 4 is 17.6 Å². The third-order valence-electron chi connectivity index (χ3n) is 2.34. The maximum Gasteiger partial charge on any atom is 0.246 e. The number of carbonyl (C=O) groups is 1. The first-order valence-electron chi connectivity index (χ1n) is 5.88. The summed E-state index contributed by atoms with van der Waals surface area (Å²) in [4.78, 5) is 19.4. The second-order valence-electron chi connectivity index (χ2n) is 3.94. The molecule has 6 nitrogen and oxygen atoms in total. The maximum absolute atomic E-state index is 11.5. The molecule has 1 unspecified atom stereocenters. The maximum atomic E-state index is 11.5. The molecular formula is C12H19N5O. The summed E-state index contributed by atoms with van der Waals surface area (Å²) in [7, 11) is 0. The Bertz CT molecular complexity index is 404. The lowest BCUT2D eigenvalue weighted by atomic mass is 10.3. The van der Waals surface area contributed by atoms with Crippen molar-refractivity contribution < 1.29 is 4.79 Å². The zero-order valence-electron chi connectivity index (χ0n) is 10.7. The van der Waals surface area contributed by atoms with Gasteiger partial charge in [-0.1, -0.05) is 6.92 Å². The van der Waals surface area contributed by atoms with Gasteiger partial charge in [0.15, 0.2) is 5.96 Å². The van der Waals surface area contributed by atoms with Gasteiger partial charge in [-0.05, 0) is 25.5 Å². The Balaban J connectivity index is 2.39. The number of nitrogens with two attached hydrogens (primary N) is 1. The molecule has 0 radical (unpaired) electrons.